The number of hydrogen-bond acceptors (Lipinski definition) is 2. The molecule has 0 saturated heterocycles. The van der Waals surface area contributed by atoms with Crippen molar-refractivity contribution in [3.63, 3.8) is 0 Å². The Morgan fingerprint density at radius 1 is 1.80 bits per heavy atom. The van der Waals surface area contributed by atoms with Gasteiger partial charge >= 0.3 is 0 Å². The molecule has 1 radical (unpaired) electrons. The van der Waals surface area contributed by atoms with Crippen LogP contribution >= 0.6 is 0 Å². The van der Waals surface area contributed by atoms with Crippen molar-refractivity contribution in [2.24, 2.45) is 0 Å². The second-order valence-electron chi connectivity index (χ2n) is 0.418. The molecule has 0 aliphatic rings. The molecule has 5 heavy (non-hydrogen) atoms. The third-order valence-electron chi connectivity index (χ3n) is 0.129. The van der Waals surface area contributed by atoms with Gasteiger partial charge in [0.25, 0.3) is 0 Å². The monoisotopic (exact) mass is 155 g/mol. The Morgan fingerprint density at radius 3 is 2.00 bits per heavy atom. The molecule has 0 aromatic rings. The predicted molar refractivity (Wildman–Crippen MR) is 14.3 cm³/mol. The minimum atomic E-state index is 0. The molecule has 0 aliphatic carbocycles. The zero-order chi connectivity index (χ0) is 3.41. The standard InChI is InChI=1S/C2H6O2.Nb/c1-2-4-3;/h3H,2H2,1H3;. The van der Waals surface area contributed by atoms with Gasteiger partial charge < -0.3 is 0 Å². The fourth-order valence-corrected chi connectivity index (χ4v) is 0. The third-order valence-corrected chi connectivity index (χ3v) is 0.129. The van der Waals surface area contributed by atoms with Crippen molar-refractivity contribution in [1.82, 2.24) is 0 Å². The maximum absolute atomic E-state index is 7.38. The van der Waals surface area contributed by atoms with Crippen LogP contribution < -0.4 is 0 Å². The summed E-state index contributed by atoms with van der Waals surface area (Å²) in [6, 6.07) is 0. The molecule has 0 aromatic heterocycles. The van der Waals surface area contributed by atoms with Crippen LogP contribution in [0.1, 0.15) is 6.92 Å². The van der Waals surface area contributed by atoms with E-state index in [0.717, 1.165) is 0 Å². The van der Waals surface area contributed by atoms with E-state index >= 15 is 0 Å². The molecule has 2 nitrogen and oxygen atoms in total. The van der Waals surface area contributed by atoms with Gasteiger partial charge in [-0.1, -0.05) is 0 Å². The molecule has 0 aromatic carbocycles. The van der Waals surface area contributed by atoms with E-state index in [4.69, 9.17) is 5.26 Å². The third kappa shape index (κ3) is 12.0. The fourth-order valence-electron chi connectivity index (χ4n) is 0. The van der Waals surface area contributed by atoms with Crippen molar-refractivity contribution in [3.8, 4) is 0 Å². The Morgan fingerprint density at radius 2 is 2.00 bits per heavy atom. The quantitative estimate of drug-likeness (QED) is 0.339. The van der Waals surface area contributed by atoms with E-state index in [2.05, 4.69) is 4.89 Å². The SMILES string of the molecule is CCOO.[Nb]. The Bertz CT molecular complexity index is 9.61. The van der Waals surface area contributed by atoms with Gasteiger partial charge in [0.2, 0.25) is 0 Å². The molecule has 0 rings (SSSR count). The van der Waals surface area contributed by atoms with Gasteiger partial charge in [0, 0.05) is 22.4 Å². The maximum atomic E-state index is 7.38. The largest absolute Gasteiger partial charge is 0.252 e. The smallest absolute Gasteiger partial charge is 0.0791 e. The summed E-state index contributed by atoms with van der Waals surface area (Å²) in [7, 11) is 0. The van der Waals surface area contributed by atoms with E-state index in [-0.39, 0.29) is 22.4 Å². The van der Waals surface area contributed by atoms with E-state index in [9.17, 15) is 0 Å². The van der Waals surface area contributed by atoms with Crippen LogP contribution in [-0.4, -0.2) is 11.9 Å². The normalized spacial score (nSPS) is 6.00. The van der Waals surface area contributed by atoms with Crippen molar-refractivity contribution < 1.29 is 32.5 Å². The molecular formula is C2H6NbO2. The summed E-state index contributed by atoms with van der Waals surface area (Å²) < 4.78 is 0. The summed E-state index contributed by atoms with van der Waals surface area (Å²) >= 11 is 0. The molecule has 31 valence electrons. The zero-order valence-corrected chi connectivity index (χ0v) is 5.21. The molecule has 0 aliphatic heterocycles. The Hall–Kier alpha value is 0.660. The first-order valence-corrected chi connectivity index (χ1v) is 1.18. The van der Waals surface area contributed by atoms with Crippen LogP contribution in [0.25, 0.3) is 0 Å². The van der Waals surface area contributed by atoms with Crippen LogP contribution in [-0.2, 0) is 27.3 Å². The summed E-state index contributed by atoms with van der Waals surface area (Å²) in [5, 5.41) is 7.38. The Balaban J connectivity index is 0. The van der Waals surface area contributed by atoms with E-state index in [1.54, 1.807) is 6.92 Å². The Kier molecular flexibility index (Phi) is 16.2. The predicted octanol–water partition coefficient (Wildman–Crippen LogP) is 0.493. The van der Waals surface area contributed by atoms with Gasteiger partial charge in [-0.2, -0.15) is 0 Å². The van der Waals surface area contributed by atoms with Gasteiger partial charge in [0.05, 0.1) is 6.61 Å². The molecule has 3 heteroatoms. The summed E-state index contributed by atoms with van der Waals surface area (Å²) in [5.41, 5.74) is 0. The van der Waals surface area contributed by atoms with E-state index in [1.165, 1.54) is 0 Å². The molecule has 0 saturated carbocycles. The van der Waals surface area contributed by atoms with Gasteiger partial charge in [-0.25, -0.2) is 4.89 Å². The van der Waals surface area contributed by atoms with Crippen molar-refractivity contribution >= 4 is 0 Å². The van der Waals surface area contributed by atoms with E-state index in [0.29, 0.717) is 6.61 Å². The molecule has 0 spiro atoms. The second-order valence-corrected chi connectivity index (χ2v) is 0.418. The fraction of sp³-hybridized carbons (Fsp3) is 1.00. The molecular weight excluding hydrogens is 149 g/mol. The van der Waals surface area contributed by atoms with Gasteiger partial charge in [0.1, 0.15) is 0 Å². The zero-order valence-electron chi connectivity index (χ0n) is 3.01. The van der Waals surface area contributed by atoms with Crippen LogP contribution in [0.3, 0.4) is 0 Å². The molecule has 0 bridgehead atoms. The van der Waals surface area contributed by atoms with Crippen molar-refractivity contribution in [3.05, 3.63) is 0 Å². The van der Waals surface area contributed by atoms with Crippen LogP contribution in [0.15, 0.2) is 0 Å². The summed E-state index contributed by atoms with van der Waals surface area (Å²) in [6.07, 6.45) is 0. The van der Waals surface area contributed by atoms with Gasteiger partial charge in [-0.3, -0.25) is 5.26 Å². The van der Waals surface area contributed by atoms with Crippen molar-refractivity contribution in [2.75, 3.05) is 6.61 Å². The Labute approximate surface area is 46.6 Å². The van der Waals surface area contributed by atoms with Crippen LogP contribution in [0.4, 0.5) is 0 Å². The second kappa shape index (κ2) is 8.82. The van der Waals surface area contributed by atoms with Crippen molar-refractivity contribution in [1.29, 1.82) is 0 Å². The topological polar surface area (TPSA) is 29.5 Å². The molecule has 0 unspecified atom stereocenters. The van der Waals surface area contributed by atoms with Crippen LogP contribution in [0.5, 0.6) is 0 Å². The molecule has 0 fully saturated rings. The average molecular weight is 155 g/mol. The van der Waals surface area contributed by atoms with Crippen LogP contribution in [0.2, 0.25) is 0 Å². The van der Waals surface area contributed by atoms with E-state index < -0.39 is 0 Å². The first kappa shape index (κ1) is 9.18. The molecule has 0 amide bonds. The van der Waals surface area contributed by atoms with Gasteiger partial charge in [-0.05, 0) is 6.92 Å². The molecule has 1 N–H and O–H groups in total. The minimum Gasteiger partial charge on any atom is -0.252 e. The first-order chi connectivity index (χ1) is 1.91. The van der Waals surface area contributed by atoms with E-state index in [1.807, 2.05) is 0 Å². The number of hydrogen-bond donors (Lipinski definition) is 1. The summed E-state index contributed by atoms with van der Waals surface area (Å²) in [4.78, 5) is 3.54. The minimum absolute atomic E-state index is 0. The summed E-state index contributed by atoms with van der Waals surface area (Å²) in [6.45, 7) is 2.08. The molecule has 0 heterocycles. The maximum Gasteiger partial charge on any atom is 0.0791 e. The molecule has 0 atom stereocenters. The average Bonchev–Trinajstić information content (AvgIpc) is 1.37. The van der Waals surface area contributed by atoms with Crippen molar-refractivity contribution in [2.45, 2.75) is 6.92 Å². The first-order valence-electron chi connectivity index (χ1n) is 1.18. The van der Waals surface area contributed by atoms with Gasteiger partial charge in [-0.15, -0.1) is 0 Å². The number of rotatable bonds is 1. The summed E-state index contributed by atoms with van der Waals surface area (Å²) in [5.74, 6) is 0. The van der Waals surface area contributed by atoms with Crippen LogP contribution in [0, 0.1) is 0 Å². The van der Waals surface area contributed by atoms with Gasteiger partial charge in [0.15, 0.2) is 0 Å².